The van der Waals surface area contributed by atoms with Crippen LogP contribution in [0.2, 0.25) is 0 Å². The minimum atomic E-state index is -1.06. The van der Waals surface area contributed by atoms with Gasteiger partial charge in [-0.15, -0.1) is 0 Å². The highest BCUT2D eigenvalue weighted by molar-refractivity contribution is 8.35. The third-order valence-corrected chi connectivity index (χ3v) is 10.5. The Balaban J connectivity index is 2.14. The Morgan fingerprint density at radius 1 is 0.826 bits per heavy atom. The predicted octanol–water partition coefficient (Wildman–Crippen LogP) is 5.58. The lowest BCUT2D eigenvalue weighted by Crippen LogP contribution is -2.31. The van der Waals surface area contributed by atoms with E-state index in [-0.39, 0.29) is 0 Å². The second-order valence-electron chi connectivity index (χ2n) is 7.17. The highest BCUT2D eigenvalue weighted by Crippen LogP contribution is 2.76. The van der Waals surface area contributed by atoms with E-state index in [4.69, 9.17) is 0 Å². The predicted molar refractivity (Wildman–Crippen MR) is 103 cm³/mol. The van der Waals surface area contributed by atoms with Gasteiger partial charge in [0.15, 0.2) is 0 Å². The first-order valence-corrected chi connectivity index (χ1v) is 10.3. The molecule has 0 fully saturated rings. The third kappa shape index (κ3) is 1.72. The molecule has 4 rings (SSSR count). The summed E-state index contributed by atoms with van der Waals surface area (Å²) >= 11 is 0. The first-order valence-electron chi connectivity index (χ1n) is 8.51. The van der Waals surface area contributed by atoms with Crippen molar-refractivity contribution in [3.63, 3.8) is 0 Å². The Morgan fingerprint density at radius 2 is 1.43 bits per heavy atom. The largest absolute Gasteiger partial charge is 0.355 e. The lowest BCUT2D eigenvalue weighted by Gasteiger charge is -2.53. The first-order chi connectivity index (χ1) is 11.0. The van der Waals surface area contributed by atoms with E-state index in [9.17, 15) is 0 Å². The Hall–Kier alpha value is -1.61. The first kappa shape index (κ1) is 14.9. The topological polar surface area (TPSA) is 6.48 Å². The zero-order valence-corrected chi connectivity index (χ0v) is 15.5. The highest BCUT2D eigenvalue weighted by atomic mass is 32.3. The van der Waals surface area contributed by atoms with Gasteiger partial charge in [-0.05, 0) is 34.8 Å². The Kier molecular flexibility index (Phi) is 3.21. The quantitative estimate of drug-likeness (QED) is 0.710. The van der Waals surface area contributed by atoms with Crippen molar-refractivity contribution >= 4 is 27.1 Å². The Morgan fingerprint density at radius 3 is 2.13 bits per heavy atom. The molecule has 0 unspecified atom stereocenters. The fraction of sp³-hybridized carbons (Fsp3) is 0.400. The minimum Gasteiger partial charge on any atom is -0.355 e. The summed E-state index contributed by atoms with van der Waals surface area (Å²) in [6.07, 6.45) is 0. The van der Waals surface area contributed by atoms with Crippen LogP contribution in [-0.2, 0) is 0 Å². The summed E-state index contributed by atoms with van der Waals surface area (Å²) in [5.74, 6) is 0. The summed E-state index contributed by atoms with van der Waals surface area (Å²) in [4.78, 5) is 8.06. The van der Waals surface area contributed by atoms with Crippen LogP contribution in [0.3, 0.4) is 0 Å². The summed E-state index contributed by atoms with van der Waals surface area (Å²) in [5, 5.41) is 1.26. The monoisotopic (exact) mass is 326 g/mol. The van der Waals surface area contributed by atoms with Crippen molar-refractivity contribution < 1.29 is 0 Å². The number of nitrogens with zero attached hydrogens (tertiary/aromatic N) is 2. The van der Waals surface area contributed by atoms with Crippen LogP contribution in [0.4, 0.5) is 17.1 Å². The van der Waals surface area contributed by atoms with Gasteiger partial charge in [-0.1, -0.05) is 45.9 Å². The number of benzene rings is 2. The number of hydrogen-bond donors (Lipinski definition) is 0. The van der Waals surface area contributed by atoms with Crippen molar-refractivity contribution in [3.05, 3.63) is 42.5 Å². The van der Waals surface area contributed by atoms with Crippen LogP contribution < -0.4 is 9.80 Å². The normalized spacial score (nSPS) is 19.1. The molecule has 0 spiro atoms. The minimum absolute atomic E-state index is 0.628. The molecule has 2 aromatic carbocycles. The van der Waals surface area contributed by atoms with E-state index in [2.05, 4.69) is 87.0 Å². The molecule has 0 N–H and O–H groups in total. The fourth-order valence-electron chi connectivity index (χ4n) is 4.56. The molecule has 2 nitrogen and oxygen atoms in total. The van der Waals surface area contributed by atoms with E-state index in [1.54, 1.807) is 9.79 Å². The Labute approximate surface area is 141 Å². The van der Waals surface area contributed by atoms with E-state index in [1.165, 1.54) is 17.1 Å². The van der Waals surface area contributed by atoms with Crippen molar-refractivity contribution in [2.24, 2.45) is 0 Å². The van der Waals surface area contributed by atoms with Gasteiger partial charge >= 0.3 is 0 Å². The number of rotatable bonds is 2. The molecule has 122 valence electrons. The average Bonchev–Trinajstić information content (AvgIpc) is 2.86. The smallest absolute Gasteiger partial charge is 0.0951 e. The van der Waals surface area contributed by atoms with Gasteiger partial charge in [0.2, 0.25) is 0 Å². The summed E-state index contributed by atoms with van der Waals surface area (Å²) in [6, 6.07) is 16.1. The average molecular weight is 327 g/mol. The van der Waals surface area contributed by atoms with Crippen LogP contribution >= 0.6 is 10.0 Å². The lowest BCUT2D eigenvalue weighted by atomic mass is 10.2. The molecular weight excluding hydrogens is 300 g/mol. The van der Waals surface area contributed by atoms with E-state index in [0.29, 0.717) is 10.5 Å². The van der Waals surface area contributed by atoms with Crippen LogP contribution in [-0.4, -0.2) is 24.2 Å². The van der Waals surface area contributed by atoms with Gasteiger partial charge in [-0.3, -0.25) is 0 Å². The number of anilines is 3. The molecule has 0 aliphatic carbocycles. The van der Waals surface area contributed by atoms with Gasteiger partial charge in [0, 0.05) is 16.8 Å². The molecule has 0 amide bonds. The number of fused-ring (bicyclic) bond motifs is 2. The van der Waals surface area contributed by atoms with Crippen LogP contribution in [0.1, 0.15) is 27.7 Å². The maximum atomic E-state index is 2.52. The van der Waals surface area contributed by atoms with E-state index >= 15 is 0 Å². The van der Waals surface area contributed by atoms with Crippen molar-refractivity contribution in [1.82, 2.24) is 0 Å². The van der Waals surface area contributed by atoms with Gasteiger partial charge in [-0.2, -0.15) is 10.0 Å². The van der Waals surface area contributed by atoms with Crippen molar-refractivity contribution in [3.8, 4) is 0 Å². The van der Waals surface area contributed by atoms with E-state index in [0.717, 1.165) is 6.67 Å². The molecule has 2 aliphatic rings. The summed E-state index contributed by atoms with van der Waals surface area (Å²) in [6.45, 7) is 10.6. The van der Waals surface area contributed by atoms with Crippen molar-refractivity contribution in [2.45, 2.75) is 48.0 Å². The van der Waals surface area contributed by atoms with Gasteiger partial charge in [0.1, 0.15) is 0 Å². The molecule has 3 heteroatoms. The Bertz CT molecular complexity index is 758. The molecule has 2 aliphatic heterocycles. The second-order valence-corrected chi connectivity index (χ2v) is 11.4. The molecule has 2 aromatic rings. The zero-order valence-electron chi connectivity index (χ0n) is 14.7. The fourth-order valence-corrected chi connectivity index (χ4v) is 9.59. The van der Waals surface area contributed by atoms with Crippen LogP contribution in [0, 0.1) is 0 Å². The van der Waals surface area contributed by atoms with Crippen LogP contribution in [0.15, 0.2) is 52.3 Å². The molecule has 0 radical (unpaired) electrons. The second kappa shape index (κ2) is 4.94. The van der Waals surface area contributed by atoms with Gasteiger partial charge < -0.3 is 9.80 Å². The van der Waals surface area contributed by atoms with E-state index < -0.39 is 10.0 Å². The van der Waals surface area contributed by atoms with Gasteiger partial charge in [0.25, 0.3) is 0 Å². The highest BCUT2D eigenvalue weighted by Gasteiger charge is 2.46. The summed E-state index contributed by atoms with van der Waals surface area (Å²) in [7, 11) is 1.15. The molecule has 0 saturated heterocycles. The zero-order chi connectivity index (χ0) is 16.4. The summed E-state index contributed by atoms with van der Waals surface area (Å²) < 4.78 is 0. The molecule has 2 heterocycles. The molecular formula is C20H26N2S. The lowest BCUT2D eigenvalue weighted by molar-refractivity contribution is 0.915. The standard InChI is InChI=1S/C20H26N2S/c1-14(2)23(15(3)4)18-11-7-6-9-16(18)22-13-21(5)17-10-8-12-19(23)20(17)22/h6-12,14-15H,13H2,1-5H3. The van der Waals surface area contributed by atoms with E-state index in [1.807, 2.05) is 0 Å². The third-order valence-electron chi connectivity index (χ3n) is 5.38. The van der Waals surface area contributed by atoms with Gasteiger partial charge in [-0.25, -0.2) is 0 Å². The number of hydrogen-bond acceptors (Lipinski definition) is 2. The molecule has 0 saturated carbocycles. The maximum absolute atomic E-state index is 2.52. The van der Waals surface area contributed by atoms with Gasteiger partial charge in [0.05, 0.1) is 23.7 Å². The molecule has 0 atom stereocenters. The van der Waals surface area contributed by atoms with Crippen LogP contribution in [0.5, 0.6) is 0 Å². The summed E-state index contributed by atoms with van der Waals surface area (Å²) in [5.41, 5.74) is 4.27. The maximum Gasteiger partial charge on any atom is 0.0951 e. The molecule has 0 aromatic heterocycles. The number of para-hydroxylation sites is 2. The SMILES string of the molecule is CC(C)S1(C(C)C)c2ccccc2N2CN(C)c3cccc1c32. The van der Waals surface area contributed by atoms with Crippen LogP contribution in [0.25, 0.3) is 0 Å². The van der Waals surface area contributed by atoms with Crippen molar-refractivity contribution in [2.75, 3.05) is 23.5 Å². The van der Waals surface area contributed by atoms with Crippen molar-refractivity contribution in [1.29, 1.82) is 0 Å². The molecule has 23 heavy (non-hydrogen) atoms. The molecule has 0 bridgehead atoms.